The van der Waals surface area contributed by atoms with Gasteiger partial charge in [0, 0.05) is 42.4 Å². The van der Waals surface area contributed by atoms with Crippen molar-refractivity contribution in [2.45, 2.75) is 51.6 Å². The minimum atomic E-state index is -2.49. The smallest absolute Gasteiger partial charge is 0.262 e. The van der Waals surface area contributed by atoms with E-state index in [1.807, 2.05) is 31.3 Å². The first kappa shape index (κ1) is 28.0. The van der Waals surface area contributed by atoms with Crippen molar-refractivity contribution in [2.75, 3.05) is 17.2 Å². The highest BCUT2D eigenvalue weighted by atomic mass is 35.5. The summed E-state index contributed by atoms with van der Waals surface area (Å²) in [5.74, 6) is 0. The Hall–Kier alpha value is -4.14. The Balaban J connectivity index is 1.46. The standard InChI is InChI=1S/C30H32ClF2N9/c1-29(2,3)16-36-25-17(12-34)13-35-26-20(25)10-18(11-22(26)31)38-27(19-6-5-7-24-21(19)14-37-41(24)4)23-15-42(40-39-23)30(8-9-30)28(32)33/h5-7,10-11,13-15,27-28,38-40H,8-9,16H2,1-4H3,(H,35,36)/t27-/m0/s1. The van der Waals surface area contributed by atoms with Crippen molar-refractivity contribution < 1.29 is 8.78 Å². The lowest BCUT2D eigenvalue weighted by Gasteiger charge is -2.25. The minimum absolute atomic E-state index is 0.0356. The molecule has 4 N–H and O–H groups in total. The van der Waals surface area contributed by atoms with E-state index in [1.165, 1.54) is 11.2 Å². The molecule has 0 saturated heterocycles. The van der Waals surface area contributed by atoms with Crippen molar-refractivity contribution in [2.24, 2.45) is 12.5 Å². The van der Waals surface area contributed by atoms with Crippen LogP contribution in [-0.2, 0) is 7.05 Å². The van der Waals surface area contributed by atoms with Gasteiger partial charge in [-0.2, -0.15) is 10.4 Å². The number of nitrogens with zero attached hydrogens (tertiary/aromatic N) is 5. The quantitative estimate of drug-likeness (QED) is 0.191. The average molecular weight is 592 g/mol. The van der Waals surface area contributed by atoms with Crippen LogP contribution in [0.2, 0.25) is 5.02 Å². The highest BCUT2D eigenvalue weighted by molar-refractivity contribution is 6.35. The monoisotopic (exact) mass is 591 g/mol. The van der Waals surface area contributed by atoms with E-state index in [4.69, 9.17) is 11.6 Å². The van der Waals surface area contributed by atoms with E-state index < -0.39 is 18.0 Å². The summed E-state index contributed by atoms with van der Waals surface area (Å²) in [4.78, 5) is 4.47. The van der Waals surface area contributed by atoms with Gasteiger partial charge in [0.15, 0.2) is 0 Å². The average Bonchev–Trinajstić information content (AvgIpc) is 3.47. The van der Waals surface area contributed by atoms with Gasteiger partial charge in [-0.3, -0.25) is 14.7 Å². The molecule has 1 saturated carbocycles. The summed E-state index contributed by atoms with van der Waals surface area (Å²) in [5, 5.41) is 24.8. The summed E-state index contributed by atoms with van der Waals surface area (Å²) in [5.41, 5.74) is 9.62. The number of fused-ring (bicyclic) bond motifs is 2. The first-order valence-electron chi connectivity index (χ1n) is 13.7. The van der Waals surface area contributed by atoms with Gasteiger partial charge in [0.05, 0.1) is 45.2 Å². The van der Waals surface area contributed by atoms with E-state index in [9.17, 15) is 14.0 Å². The van der Waals surface area contributed by atoms with Crippen molar-refractivity contribution in [1.82, 2.24) is 30.7 Å². The van der Waals surface area contributed by atoms with Crippen molar-refractivity contribution >= 4 is 44.8 Å². The summed E-state index contributed by atoms with van der Waals surface area (Å²) in [6.07, 6.45) is 3.35. The maximum absolute atomic E-state index is 14.0. The number of alkyl halides is 2. The molecule has 1 aliphatic carbocycles. The molecule has 2 aliphatic rings. The molecule has 1 atom stereocenters. The Labute approximate surface area is 247 Å². The Morgan fingerprint density at radius 1 is 1.19 bits per heavy atom. The summed E-state index contributed by atoms with van der Waals surface area (Å²) in [6.45, 7) is 6.96. The van der Waals surface area contributed by atoms with Crippen LogP contribution in [-0.4, -0.2) is 38.3 Å². The number of nitrogens with one attached hydrogen (secondary N) is 4. The zero-order valence-electron chi connectivity index (χ0n) is 23.8. The fraction of sp³-hybridized carbons (Fsp3) is 0.367. The second-order valence-corrected chi connectivity index (χ2v) is 12.6. The van der Waals surface area contributed by atoms with E-state index in [0.717, 1.165) is 16.5 Å². The number of benzene rings is 2. The summed E-state index contributed by atoms with van der Waals surface area (Å²) in [7, 11) is 1.87. The van der Waals surface area contributed by atoms with Crippen LogP contribution < -0.4 is 21.6 Å². The molecule has 0 spiro atoms. The van der Waals surface area contributed by atoms with Crippen LogP contribution in [0.25, 0.3) is 21.8 Å². The highest BCUT2D eigenvalue weighted by Crippen LogP contribution is 2.47. The van der Waals surface area contributed by atoms with E-state index in [-0.39, 0.29) is 5.41 Å². The molecule has 4 aromatic rings. The SMILES string of the molecule is Cn1ncc2c([C@H](Nc3cc(Cl)c4ncc(C#N)c(NCC(C)(C)C)c4c3)C3=CN(C4(C(F)F)CC4)NN3)cccc21. The molecule has 42 heavy (non-hydrogen) atoms. The molecule has 218 valence electrons. The number of rotatable bonds is 8. The first-order valence-corrected chi connectivity index (χ1v) is 14.1. The molecule has 0 bridgehead atoms. The maximum atomic E-state index is 14.0. The lowest BCUT2D eigenvalue weighted by molar-refractivity contribution is 0.00911. The highest BCUT2D eigenvalue weighted by Gasteiger charge is 2.56. The van der Waals surface area contributed by atoms with Gasteiger partial charge < -0.3 is 16.1 Å². The second-order valence-electron chi connectivity index (χ2n) is 12.1. The molecule has 2 aromatic carbocycles. The van der Waals surface area contributed by atoms with Crippen LogP contribution in [0.1, 0.15) is 50.8 Å². The summed E-state index contributed by atoms with van der Waals surface area (Å²) >= 11 is 6.77. The van der Waals surface area contributed by atoms with E-state index in [0.29, 0.717) is 57.9 Å². The second kappa shape index (κ2) is 10.3. The van der Waals surface area contributed by atoms with Crippen molar-refractivity contribution in [3.8, 4) is 6.07 Å². The fourth-order valence-corrected chi connectivity index (χ4v) is 5.59. The number of pyridine rings is 1. The predicted molar refractivity (Wildman–Crippen MR) is 161 cm³/mol. The number of hydrogen-bond acceptors (Lipinski definition) is 8. The molecule has 3 heterocycles. The molecule has 6 rings (SSSR count). The zero-order chi connectivity index (χ0) is 29.8. The van der Waals surface area contributed by atoms with Gasteiger partial charge >= 0.3 is 0 Å². The van der Waals surface area contributed by atoms with E-state index >= 15 is 0 Å². The zero-order valence-corrected chi connectivity index (χ0v) is 24.5. The van der Waals surface area contributed by atoms with E-state index in [1.54, 1.807) is 23.1 Å². The van der Waals surface area contributed by atoms with Crippen LogP contribution in [0.5, 0.6) is 0 Å². The molecule has 0 radical (unpaired) electrons. The van der Waals surface area contributed by atoms with Crippen LogP contribution in [0.4, 0.5) is 20.2 Å². The molecule has 9 nitrogen and oxygen atoms in total. The van der Waals surface area contributed by atoms with Gasteiger partial charge in [0.2, 0.25) is 0 Å². The number of halogens is 3. The predicted octanol–water partition coefficient (Wildman–Crippen LogP) is 6.22. The fourth-order valence-electron chi connectivity index (χ4n) is 5.32. The molecule has 1 fully saturated rings. The maximum Gasteiger partial charge on any atom is 0.262 e. The van der Waals surface area contributed by atoms with Crippen molar-refractivity contribution in [3.63, 3.8) is 0 Å². The number of hydrazine groups is 2. The number of aromatic nitrogens is 3. The third kappa shape index (κ3) is 4.95. The molecule has 1 aliphatic heterocycles. The van der Waals surface area contributed by atoms with E-state index in [2.05, 4.69) is 58.5 Å². The van der Waals surface area contributed by atoms with Crippen LogP contribution in [0, 0.1) is 16.7 Å². The third-order valence-corrected chi connectivity index (χ3v) is 8.12. The van der Waals surface area contributed by atoms with Crippen molar-refractivity contribution in [1.29, 1.82) is 5.26 Å². The normalized spacial score (nSPS) is 16.8. The van der Waals surface area contributed by atoms with Crippen molar-refractivity contribution in [3.05, 3.63) is 70.8 Å². The van der Waals surface area contributed by atoms with Gasteiger partial charge in [-0.15, -0.1) is 5.53 Å². The molecule has 0 amide bonds. The molecule has 12 heteroatoms. The van der Waals surface area contributed by atoms with Gasteiger partial charge in [0.25, 0.3) is 6.43 Å². The van der Waals surface area contributed by atoms with Gasteiger partial charge in [0.1, 0.15) is 11.6 Å². The van der Waals surface area contributed by atoms with Crippen LogP contribution in [0.3, 0.4) is 0 Å². The number of hydrogen-bond donors (Lipinski definition) is 4. The van der Waals surface area contributed by atoms with Crippen LogP contribution >= 0.6 is 11.6 Å². The topological polar surface area (TPSA) is 106 Å². The number of aryl methyl sites for hydroxylation is 1. The van der Waals surface area contributed by atoms with Gasteiger partial charge in [-0.05, 0) is 42.0 Å². The summed E-state index contributed by atoms with van der Waals surface area (Å²) in [6, 6.07) is 11.4. The lowest BCUT2D eigenvalue weighted by atomic mass is 9.96. The Bertz CT molecular complexity index is 1750. The van der Waals surface area contributed by atoms with Crippen LogP contribution in [0.15, 0.2) is 54.6 Å². The number of nitriles is 1. The summed E-state index contributed by atoms with van der Waals surface area (Å²) < 4.78 is 29.7. The Kier molecular flexibility index (Phi) is 6.86. The molecule has 0 unspecified atom stereocenters. The Morgan fingerprint density at radius 3 is 2.67 bits per heavy atom. The molecule has 2 aromatic heterocycles. The number of anilines is 2. The molecular formula is C30H32ClF2N9. The Morgan fingerprint density at radius 2 is 1.98 bits per heavy atom. The lowest BCUT2D eigenvalue weighted by Crippen LogP contribution is -2.48. The molecular weight excluding hydrogens is 560 g/mol. The largest absolute Gasteiger partial charge is 0.383 e. The van der Waals surface area contributed by atoms with Gasteiger partial charge in [-0.1, -0.05) is 44.5 Å². The first-order chi connectivity index (χ1) is 20.0. The van der Waals surface area contributed by atoms with Gasteiger partial charge in [-0.25, -0.2) is 8.78 Å². The third-order valence-electron chi connectivity index (χ3n) is 7.84. The minimum Gasteiger partial charge on any atom is -0.383 e.